The first kappa shape index (κ1) is 18.9. The van der Waals surface area contributed by atoms with Crippen molar-refractivity contribution in [1.82, 2.24) is 9.62 Å². The molecule has 0 fully saturated rings. The van der Waals surface area contributed by atoms with E-state index in [-0.39, 0.29) is 17.3 Å². The molecule has 0 aromatic heterocycles. The number of hydrogen-bond acceptors (Lipinski definition) is 3. The minimum absolute atomic E-state index is 0.139. The zero-order valence-electron chi connectivity index (χ0n) is 14.6. The monoisotopic (exact) mass is 358 g/mol. The van der Waals surface area contributed by atoms with Gasteiger partial charge < -0.3 is 5.32 Å². The third-order valence-corrected chi connectivity index (χ3v) is 5.57. The van der Waals surface area contributed by atoms with E-state index in [0.29, 0.717) is 5.56 Å². The number of hydrogen-bond donors (Lipinski definition) is 1. The van der Waals surface area contributed by atoms with Gasteiger partial charge in [0.1, 0.15) is 0 Å². The summed E-state index contributed by atoms with van der Waals surface area (Å²) in [6.07, 6.45) is 3.17. The Kier molecular flexibility index (Phi) is 6.12. The van der Waals surface area contributed by atoms with Gasteiger partial charge in [-0.3, -0.25) is 4.79 Å². The SMILES string of the molecule is Cc1cccc(/C=C/C(=O)NCc2ccccc2S(=O)(=O)N(C)C)c1. The largest absolute Gasteiger partial charge is 0.348 e. The average Bonchev–Trinajstić information content (AvgIpc) is 2.58. The van der Waals surface area contributed by atoms with Crippen LogP contribution in [0.3, 0.4) is 0 Å². The second-order valence-electron chi connectivity index (χ2n) is 5.86. The molecule has 0 heterocycles. The highest BCUT2D eigenvalue weighted by Gasteiger charge is 2.20. The van der Waals surface area contributed by atoms with E-state index in [9.17, 15) is 13.2 Å². The predicted octanol–water partition coefficient (Wildman–Crippen LogP) is 2.57. The molecular weight excluding hydrogens is 336 g/mol. The first-order valence-corrected chi connectivity index (χ1v) is 9.28. The molecule has 2 aromatic rings. The van der Waals surface area contributed by atoms with Crippen molar-refractivity contribution in [2.75, 3.05) is 14.1 Å². The molecule has 0 aliphatic carbocycles. The minimum atomic E-state index is -3.55. The van der Waals surface area contributed by atoms with Gasteiger partial charge in [0.15, 0.2) is 0 Å². The van der Waals surface area contributed by atoms with Crippen LogP contribution in [0.2, 0.25) is 0 Å². The van der Waals surface area contributed by atoms with Crippen molar-refractivity contribution in [2.24, 2.45) is 0 Å². The molecule has 132 valence electrons. The third-order valence-electron chi connectivity index (χ3n) is 3.65. The highest BCUT2D eigenvalue weighted by atomic mass is 32.2. The lowest BCUT2D eigenvalue weighted by Crippen LogP contribution is -2.26. The zero-order valence-corrected chi connectivity index (χ0v) is 15.4. The number of carbonyl (C=O) groups excluding carboxylic acids is 1. The summed E-state index contributed by atoms with van der Waals surface area (Å²) in [6.45, 7) is 2.12. The molecule has 5 nitrogen and oxygen atoms in total. The number of sulfonamides is 1. The van der Waals surface area contributed by atoms with Crippen LogP contribution in [0.1, 0.15) is 16.7 Å². The van der Waals surface area contributed by atoms with Crippen molar-refractivity contribution >= 4 is 22.0 Å². The topological polar surface area (TPSA) is 66.5 Å². The Morgan fingerprint density at radius 1 is 1.12 bits per heavy atom. The average molecular weight is 358 g/mol. The molecule has 0 radical (unpaired) electrons. The van der Waals surface area contributed by atoms with E-state index in [1.807, 2.05) is 31.2 Å². The van der Waals surface area contributed by atoms with Gasteiger partial charge in [-0.25, -0.2) is 12.7 Å². The van der Waals surface area contributed by atoms with Crippen molar-refractivity contribution in [1.29, 1.82) is 0 Å². The highest BCUT2D eigenvalue weighted by Crippen LogP contribution is 2.18. The smallest absolute Gasteiger partial charge is 0.244 e. The first-order chi connectivity index (χ1) is 11.8. The van der Waals surface area contributed by atoms with Gasteiger partial charge in [-0.05, 0) is 30.2 Å². The normalized spacial score (nSPS) is 11.8. The number of carbonyl (C=O) groups is 1. The molecule has 0 saturated carbocycles. The van der Waals surface area contributed by atoms with Gasteiger partial charge in [0.25, 0.3) is 0 Å². The first-order valence-electron chi connectivity index (χ1n) is 7.84. The molecule has 0 atom stereocenters. The number of nitrogens with one attached hydrogen (secondary N) is 1. The fraction of sp³-hybridized carbons (Fsp3) is 0.211. The second-order valence-corrected chi connectivity index (χ2v) is 7.98. The molecule has 0 aliphatic heterocycles. The summed E-state index contributed by atoms with van der Waals surface area (Å²) in [5, 5.41) is 2.73. The van der Waals surface area contributed by atoms with Crippen LogP contribution in [0.25, 0.3) is 6.08 Å². The molecule has 2 rings (SSSR count). The molecule has 25 heavy (non-hydrogen) atoms. The number of rotatable bonds is 6. The van der Waals surface area contributed by atoms with Crippen LogP contribution >= 0.6 is 0 Å². The number of aryl methyl sites for hydroxylation is 1. The maximum absolute atomic E-state index is 12.3. The van der Waals surface area contributed by atoms with E-state index in [2.05, 4.69) is 5.32 Å². The summed E-state index contributed by atoms with van der Waals surface area (Å²) in [4.78, 5) is 12.2. The Hall–Kier alpha value is -2.44. The molecule has 0 aliphatic rings. The van der Waals surface area contributed by atoms with Gasteiger partial charge in [-0.1, -0.05) is 48.0 Å². The fourth-order valence-corrected chi connectivity index (χ4v) is 3.40. The lowest BCUT2D eigenvalue weighted by molar-refractivity contribution is -0.116. The van der Waals surface area contributed by atoms with Crippen LogP contribution in [-0.2, 0) is 21.4 Å². The van der Waals surface area contributed by atoms with E-state index in [1.165, 1.54) is 20.2 Å². The molecule has 0 saturated heterocycles. The standard InChI is InChI=1S/C19H22N2O3S/c1-15-7-6-8-16(13-15)11-12-19(22)20-14-17-9-4-5-10-18(17)25(23,24)21(2)3/h4-13H,14H2,1-3H3,(H,20,22)/b12-11+. The minimum Gasteiger partial charge on any atom is -0.348 e. The van der Waals surface area contributed by atoms with Gasteiger partial charge in [-0.2, -0.15) is 0 Å². The predicted molar refractivity (Wildman–Crippen MR) is 99.4 cm³/mol. The van der Waals surface area contributed by atoms with Gasteiger partial charge in [-0.15, -0.1) is 0 Å². The summed E-state index contributed by atoms with van der Waals surface area (Å²) < 4.78 is 25.8. The lowest BCUT2D eigenvalue weighted by Gasteiger charge is -2.15. The van der Waals surface area contributed by atoms with Gasteiger partial charge in [0.2, 0.25) is 15.9 Å². The zero-order chi connectivity index (χ0) is 18.4. The van der Waals surface area contributed by atoms with Crippen LogP contribution < -0.4 is 5.32 Å². The van der Waals surface area contributed by atoms with Crippen molar-refractivity contribution in [3.63, 3.8) is 0 Å². The summed E-state index contributed by atoms with van der Waals surface area (Å²) >= 11 is 0. The van der Waals surface area contributed by atoms with Crippen LogP contribution in [0, 0.1) is 6.92 Å². The molecule has 0 unspecified atom stereocenters. The molecule has 6 heteroatoms. The third kappa shape index (κ3) is 5.01. The van der Waals surface area contributed by atoms with Gasteiger partial charge in [0.05, 0.1) is 4.90 Å². The van der Waals surface area contributed by atoms with Crippen molar-refractivity contribution in [3.8, 4) is 0 Å². The maximum Gasteiger partial charge on any atom is 0.244 e. The molecule has 1 N–H and O–H groups in total. The number of nitrogens with zero attached hydrogens (tertiary/aromatic N) is 1. The molecule has 2 aromatic carbocycles. The summed E-state index contributed by atoms with van der Waals surface area (Å²) in [5.74, 6) is -0.279. The Morgan fingerprint density at radius 2 is 1.84 bits per heavy atom. The maximum atomic E-state index is 12.3. The Morgan fingerprint density at radius 3 is 2.52 bits per heavy atom. The van der Waals surface area contributed by atoms with Crippen LogP contribution in [-0.4, -0.2) is 32.7 Å². The van der Waals surface area contributed by atoms with Gasteiger partial charge in [0, 0.05) is 26.7 Å². The molecular formula is C19H22N2O3S. The number of amides is 1. The lowest BCUT2D eigenvalue weighted by atomic mass is 10.1. The Bertz CT molecular complexity index is 887. The van der Waals surface area contributed by atoms with Crippen molar-refractivity contribution in [3.05, 3.63) is 71.3 Å². The van der Waals surface area contributed by atoms with Crippen LogP contribution in [0.5, 0.6) is 0 Å². The summed E-state index contributed by atoms with van der Waals surface area (Å²) in [7, 11) is -0.589. The molecule has 1 amide bonds. The quantitative estimate of drug-likeness (QED) is 0.807. The van der Waals surface area contributed by atoms with E-state index in [4.69, 9.17) is 0 Å². The molecule has 0 bridgehead atoms. The van der Waals surface area contributed by atoms with Crippen molar-refractivity contribution < 1.29 is 13.2 Å². The Labute approximate surface area is 149 Å². The molecule has 0 spiro atoms. The fourth-order valence-electron chi connectivity index (χ4n) is 2.29. The summed E-state index contributed by atoms with van der Waals surface area (Å²) in [6, 6.07) is 14.5. The number of benzene rings is 2. The van der Waals surface area contributed by atoms with Crippen LogP contribution in [0.4, 0.5) is 0 Å². The van der Waals surface area contributed by atoms with E-state index < -0.39 is 10.0 Å². The van der Waals surface area contributed by atoms with Gasteiger partial charge >= 0.3 is 0 Å². The second kappa shape index (κ2) is 8.09. The van der Waals surface area contributed by atoms with Crippen LogP contribution in [0.15, 0.2) is 59.5 Å². The van der Waals surface area contributed by atoms with E-state index in [1.54, 1.807) is 30.3 Å². The summed E-state index contributed by atoms with van der Waals surface area (Å²) in [5.41, 5.74) is 2.60. The van der Waals surface area contributed by atoms with Crippen molar-refractivity contribution in [2.45, 2.75) is 18.4 Å². The highest BCUT2D eigenvalue weighted by molar-refractivity contribution is 7.89. The van der Waals surface area contributed by atoms with E-state index >= 15 is 0 Å². The van der Waals surface area contributed by atoms with E-state index in [0.717, 1.165) is 15.4 Å². The Balaban J connectivity index is 2.08.